The van der Waals surface area contributed by atoms with Crippen LogP contribution in [0.25, 0.3) is 22.2 Å². The summed E-state index contributed by atoms with van der Waals surface area (Å²) >= 11 is 0. The molecule has 2 aliphatic rings. The van der Waals surface area contributed by atoms with E-state index in [1.54, 1.807) is 0 Å². The molecule has 110 valence electrons. The van der Waals surface area contributed by atoms with E-state index in [-0.39, 0.29) is 5.54 Å². The molecule has 0 radical (unpaired) electrons. The van der Waals surface area contributed by atoms with Crippen molar-refractivity contribution in [2.75, 3.05) is 0 Å². The second kappa shape index (κ2) is 4.17. The fourth-order valence-electron chi connectivity index (χ4n) is 3.75. The molecule has 0 aliphatic heterocycles. The molecule has 0 spiro atoms. The normalized spacial score (nSPS) is 18.6. The quantitative estimate of drug-likeness (QED) is 0.786. The molecule has 0 bridgehead atoms. The molecule has 0 atom stereocenters. The molecule has 0 saturated heterocycles. The Morgan fingerprint density at radius 3 is 2.64 bits per heavy atom. The highest BCUT2D eigenvalue weighted by atomic mass is 16.5. The standard InChI is InChI=1S/C18H17N3O/c19-18(9-2-10-18)17-20-16(22-21-17)14-8-7-12-6-5-11-3-1-4-13(14)15(11)12/h1,3-4,7-8H,2,5-6,9-10,19H2. The van der Waals surface area contributed by atoms with Crippen LogP contribution in [0.4, 0.5) is 0 Å². The van der Waals surface area contributed by atoms with Gasteiger partial charge in [0, 0.05) is 5.56 Å². The van der Waals surface area contributed by atoms with E-state index in [4.69, 9.17) is 10.3 Å². The third-order valence-corrected chi connectivity index (χ3v) is 5.22. The summed E-state index contributed by atoms with van der Waals surface area (Å²) in [5.41, 5.74) is 9.78. The van der Waals surface area contributed by atoms with E-state index >= 15 is 0 Å². The van der Waals surface area contributed by atoms with E-state index in [1.807, 2.05) is 0 Å². The van der Waals surface area contributed by atoms with Crippen molar-refractivity contribution in [1.29, 1.82) is 0 Å². The Morgan fingerprint density at radius 1 is 1.05 bits per heavy atom. The highest BCUT2D eigenvalue weighted by molar-refractivity contribution is 5.99. The van der Waals surface area contributed by atoms with Crippen LogP contribution in [0.3, 0.4) is 0 Å². The van der Waals surface area contributed by atoms with Crippen molar-refractivity contribution >= 4 is 10.8 Å². The van der Waals surface area contributed by atoms with Gasteiger partial charge in [-0.2, -0.15) is 4.98 Å². The first-order valence-electron chi connectivity index (χ1n) is 7.92. The van der Waals surface area contributed by atoms with Crippen molar-refractivity contribution in [1.82, 2.24) is 10.1 Å². The predicted molar refractivity (Wildman–Crippen MR) is 84.4 cm³/mol. The number of rotatable bonds is 2. The summed E-state index contributed by atoms with van der Waals surface area (Å²) < 4.78 is 5.54. The van der Waals surface area contributed by atoms with Crippen LogP contribution < -0.4 is 5.73 Å². The Kier molecular flexibility index (Phi) is 2.34. The van der Waals surface area contributed by atoms with Gasteiger partial charge in [-0.25, -0.2) is 0 Å². The van der Waals surface area contributed by atoms with Gasteiger partial charge in [0.25, 0.3) is 5.89 Å². The first-order valence-corrected chi connectivity index (χ1v) is 7.92. The fourth-order valence-corrected chi connectivity index (χ4v) is 3.75. The Morgan fingerprint density at radius 2 is 1.86 bits per heavy atom. The molecule has 2 aromatic carbocycles. The van der Waals surface area contributed by atoms with Crippen LogP contribution >= 0.6 is 0 Å². The summed E-state index contributed by atoms with van der Waals surface area (Å²) in [5, 5.41) is 6.72. The van der Waals surface area contributed by atoms with Gasteiger partial charge in [-0.05, 0) is 60.1 Å². The highest BCUT2D eigenvalue weighted by Gasteiger charge is 2.39. The summed E-state index contributed by atoms with van der Waals surface area (Å²) in [7, 11) is 0. The lowest BCUT2D eigenvalue weighted by atomic mass is 9.77. The number of aromatic nitrogens is 2. The number of hydrogen-bond acceptors (Lipinski definition) is 4. The largest absolute Gasteiger partial charge is 0.334 e. The molecule has 1 aromatic heterocycles. The zero-order chi connectivity index (χ0) is 14.7. The predicted octanol–water partition coefficient (Wildman–Crippen LogP) is 3.33. The van der Waals surface area contributed by atoms with E-state index < -0.39 is 0 Å². The minimum Gasteiger partial charge on any atom is -0.334 e. The van der Waals surface area contributed by atoms with Crippen LogP contribution in [0.15, 0.2) is 34.9 Å². The van der Waals surface area contributed by atoms with E-state index in [0.717, 1.165) is 37.7 Å². The van der Waals surface area contributed by atoms with Gasteiger partial charge in [0.1, 0.15) is 0 Å². The Labute approximate surface area is 128 Å². The van der Waals surface area contributed by atoms with E-state index in [2.05, 4.69) is 40.5 Å². The van der Waals surface area contributed by atoms with Gasteiger partial charge in [-0.15, -0.1) is 0 Å². The van der Waals surface area contributed by atoms with Crippen molar-refractivity contribution in [3.05, 3.63) is 47.3 Å². The van der Waals surface area contributed by atoms with Crippen molar-refractivity contribution in [3.63, 3.8) is 0 Å². The summed E-state index contributed by atoms with van der Waals surface area (Å²) in [4.78, 5) is 4.60. The third kappa shape index (κ3) is 1.56. The third-order valence-electron chi connectivity index (χ3n) is 5.22. The second-order valence-corrected chi connectivity index (χ2v) is 6.54. The smallest absolute Gasteiger partial charge is 0.258 e. The number of nitrogens with zero attached hydrogens (tertiary/aromatic N) is 2. The Hall–Kier alpha value is -2.20. The monoisotopic (exact) mass is 291 g/mol. The number of nitrogens with two attached hydrogens (primary N) is 1. The van der Waals surface area contributed by atoms with Gasteiger partial charge in [-0.1, -0.05) is 29.4 Å². The van der Waals surface area contributed by atoms with Gasteiger partial charge in [0.2, 0.25) is 0 Å². The minimum atomic E-state index is -0.378. The zero-order valence-corrected chi connectivity index (χ0v) is 12.3. The average Bonchev–Trinajstić information content (AvgIpc) is 3.14. The minimum absolute atomic E-state index is 0.378. The number of hydrogen-bond donors (Lipinski definition) is 1. The molecule has 0 unspecified atom stereocenters. The Balaban J connectivity index is 1.69. The summed E-state index contributed by atoms with van der Waals surface area (Å²) in [6, 6.07) is 10.8. The lowest BCUT2D eigenvalue weighted by Gasteiger charge is -2.34. The van der Waals surface area contributed by atoms with Gasteiger partial charge < -0.3 is 10.3 Å². The molecule has 22 heavy (non-hydrogen) atoms. The van der Waals surface area contributed by atoms with Crippen LogP contribution in [0.1, 0.15) is 36.2 Å². The number of aryl methyl sites for hydroxylation is 2. The molecular weight excluding hydrogens is 274 g/mol. The maximum Gasteiger partial charge on any atom is 0.258 e. The average molecular weight is 291 g/mol. The number of benzene rings is 2. The molecule has 2 aliphatic carbocycles. The van der Waals surface area contributed by atoms with Crippen molar-refractivity contribution in [2.45, 2.75) is 37.6 Å². The highest BCUT2D eigenvalue weighted by Crippen LogP contribution is 2.40. The molecule has 0 amide bonds. The van der Waals surface area contributed by atoms with Crippen LogP contribution in [-0.2, 0) is 18.4 Å². The van der Waals surface area contributed by atoms with Crippen LogP contribution in [0, 0.1) is 0 Å². The van der Waals surface area contributed by atoms with Crippen molar-refractivity contribution < 1.29 is 4.52 Å². The van der Waals surface area contributed by atoms with Crippen molar-refractivity contribution in [3.8, 4) is 11.5 Å². The zero-order valence-electron chi connectivity index (χ0n) is 12.3. The summed E-state index contributed by atoms with van der Waals surface area (Å²) in [5.74, 6) is 1.24. The van der Waals surface area contributed by atoms with E-state index in [0.29, 0.717) is 11.7 Å². The maximum atomic E-state index is 6.30. The van der Waals surface area contributed by atoms with E-state index in [1.165, 1.54) is 21.9 Å². The van der Waals surface area contributed by atoms with Crippen LogP contribution in [0.2, 0.25) is 0 Å². The molecule has 4 nitrogen and oxygen atoms in total. The molecule has 1 saturated carbocycles. The molecule has 5 rings (SSSR count). The van der Waals surface area contributed by atoms with Crippen LogP contribution in [0.5, 0.6) is 0 Å². The second-order valence-electron chi connectivity index (χ2n) is 6.54. The van der Waals surface area contributed by atoms with Crippen LogP contribution in [-0.4, -0.2) is 10.1 Å². The molecular formula is C18H17N3O. The molecule has 1 heterocycles. The first kappa shape index (κ1) is 12.4. The van der Waals surface area contributed by atoms with Gasteiger partial charge in [-0.3, -0.25) is 0 Å². The molecule has 3 aromatic rings. The lowest BCUT2D eigenvalue weighted by molar-refractivity contribution is 0.229. The summed E-state index contributed by atoms with van der Waals surface area (Å²) in [6.07, 6.45) is 5.27. The SMILES string of the molecule is NC1(c2noc(-c3ccc4c5c(cccc35)CC4)n2)CCC1. The Bertz CT molecular complexity index is 882. The van der Waals surface area contributed by atoms with Crippen molar-refractivity contribution in [2.24, 2.45) is 5.73 Å². The molecule has 4 heteroatoms. The van der Waals surface area contributed by atoms with E-state index in [9.17, 15) is 0 Å². The van der Waals surface area contributed by atoms with Gasteiger partial charge in [0.15, 0.2) is 5.82 Å². The topological polar surface area (TPSA) is 64.9 Å². The first-order chi connectivity index (χ1) is 10.7. The molecule has 2 N–H and O–H groups in total. The van der Waals surface area contributed by atoms with Gasteiger partial charge >= 0.3 is 0 Å². The summed E-state index contributed by atoms with van der Waals surface area (Å²) in [6.45, 7) is 0. The molecule has 1 fully saturated rings. The fraction of sp³-hybridized carbons (Fsp3) is 0.333. The van der Waals surface area contributed by atoms with Gasteiger partial charge in [0.05, 0.1) is 5.54 Å². The lowest BCUT2D eigenvalue weighted by Crippen LogP contribution is -2.44. The maximum absolute atomic E-state index is 6.30.